The van der Waals surface area contributed by atoms with E-state index in [1.54, 1.807) is 42.5 Å². The summed E-state index contributed by atoms with van der Waals surface area (Å²) in [4.78, 5) is 11.5. The van der Waals surface area contributed by atoms with Gasteiger partial charge in [0.1, 0.15) is 0 Å². The predicted octanol–water partition coefficient (Wildman–Crippen LogP) is 3.47. The van der Waals surface area contributed by atoms with E-state index in [1.807, 2.05) is 0 Å². The zero-order valence-corrected chi connectivity index (χ0v) is 14.1. The molecule has 0 N–H and O–H groups in total. The highest BCUT2D eigenvalue weighted by Gasteiger charge is 2.21. The molecule has 0 aliphatic carbocycles. The molecule has 0 aliphatic rings. The second-order valence-corrected chi connectivity index (χ2v) is 7.04. The molecule has 0 unspecified atom stereocenters. The van der Waals surface area contributed by atoms with Gasteiger partial charge in [0.15, 0.2) is 0 Å². The van der Waals surface area contributed by atoms with Crippen molar-refractivity contribution in [2.75, 3.05) is 7.11 Å². The van der Waals surface area contributed by atoms with Crippen LogP contribution in [0.2, 0.25) is 0 Å². The molecule has 2 rings (SSSR count). The summed E-state index contributed by atoms with van der Waals surface area (Å²) in [5.74, 6) is -0.511. The zero-order chi connectivity index (χ0) is 16.2. The number of hydrogen-bond donors (Lipinski definition) is 0. The number of hydrogen-bond acceptors (Lipinski definition) is 4. The largest absolute Gasteiger partial charge is 0.466 e. The number of carbonyl (C=O) groups excluding carboxylic acids is 1. The smallest absolute Gasteiger partial charge is 0.330 e. The molecule has 0 aliphatic heterocycles. The van der Waals surface area contributed by atoms with Gasteiger partial charge < -0.3 is 4.74 Å². The number of halogens is 1. The Morgan fingerprint density at radius 3 is 2.41 bits per heavy atom. The lowest BCUT2D eigenvalue weighted by Crippen LogP contribution is -2.03. The first kappa shape index (κ1) is 16.5. The molecule has 0 amide bonds. The molecule has 2 aromatic carbocycles. The molecule has 0 atom stereocenters. The molecule has 0 bridgehead atoms. The van der Waals surface area contributed by atoms with E-state index in [0.717, 1.165) is 0 Å². The Morgan fingerprint density at radius 2 is 1.77 bits per heavy atom. The lowest BCUT2D eigenvalue weighted by atomic mass is 10.2. The van der Waals surface area contributed by atoms with E-state index in [9.17, 15) is 13.2 Å². The molecule has 22 heavy (non-hydrogen) atoms. The minimum atomic E-state index is -3.63. The van der Waals surface area contributed by atoms with Crippen LogP contribution in [0.4, 0.5) is 0 Å². The molecule has 4 nitrogen and oxygen atoms in total. The zero-order valence-electron chi connectivity index (χ0n) is 11.7. The fourth-order valence-corrected chi connectivity index (χ4v) is 4.23. The van der Waals surface area contributed by atoms with Crippen molar-refractivity contribution in [3.8, 4) is 0 Å². The lowest BCUT2D eigenvalue weighted by Gasteiger charge is -2.09. The summed E-state index contributed by atoms with van der Waals surface area (Å²) in [5, 5.41) is 0. The van der Waals surface area contributed by atoms with Crippen molar-refractivity contribution in [2.24, 2.45) is 0 Å². The van der Waals surface area contributed by atoms with Gasteiger partial charge in [0.25, 0.3) is 0 Å². The SMILES string of the molecule is COC(=O)C=Cc1cccc(S(=O)(=O)c2ccccc2)c1Br. The van der Waals surface area contributed by atoms with Gasteiger partial charge in [-0.25, -0.2) is 13.2 Å². The highest BCUT2D eigenvalue weighted by molar-refractivity contribution is 9.10. The first-order chi connectivity index (χ1) is 10.5. The van der Waals surface area contributed by atoms with Gasteiger partial charge in [-0.15, -0.1) is 0 Å². The van der Waals surface area contributed by atoms with E-state index < -0.39 is 15.8 Å². The summed E-state index contributed by atoms with van der Waals surface area (Å²) in [6, 6.07) is 13.0. The molecule has 0 saturated carbocycles. The molecule has 0 radical (unpaired) electrons. The maximum Gasteiger partial charge on any atom is 0.330 e. The molecular formula is C16H13BrO4S. The fraction of sp³-hybridized carbons (Fsp3) is 0.0625. The number of methoxy groups -OCH3 is 1. The second-order valence-electron chi connectivity index (χ2n) is 4.33. The Kier molecular flexibility index (Phi) is 5.15. The van der Waals surface area contributed by atoms with Gasteiger partial charge in [0, 0.05) is 10.5 Å². The molecule has 6 heteroatoms. The molecule has 0 spiro atoms. The Bertz CT molecular complexity index is 811. The quantitative estimate of drug-likeness (QED) is 0.601. The Morgan fingerprint density at radius 1 is 1.09 bits per heavy atom. The maximum atomic E-state index is 12.7. The number of benzene rings is 2. The highest BCUT2D eigenvalue weighted by atomic mass is 79.9. The third kappa shape index (κ3) is 3.45. The van der Waals surface area contributed by atoms with Crippen LogP contribution < -0.4 is 0 Å². The maximum absolute atomic E-state index is 12.7. The van der Waals surface area contributed by atoms with Crippen LogP contribution in [-0.2, 0) is 19.4 Å². The number of carbonyl (C=O) groups is 1. The third-order valence-electron chi connectivity index (χ3n) is 2.94. The van der Waals surface area contributed by atoms with Crippen LogP contribution in [0, 0.1) is 0 Å². The van der Waals surface area contributed by atoms with Gasteiger partial charge in [-0.3, -0.25) is 0 Å². The van der Waals surface area contributed by atoms with Gasteiger partial charge in [0.2, 0.25) is 9.84 Å². The second kappa shape index (κ2) is 6.89. The molecule has 0 heterocycles. The van der Waals surface area contributed by atoms with Gasteiger partial charge in [0.05, 0.1) is 16.9 Å². The van der Waals surface area contributed by atoms with E-state index in [4.69, 9.17) is 0 Å². The van der Waals surface area contributed by atoms with Crippen molar-refractivity contribution in [3.05, 3.63) is 64.6 Å². The highest BCUT2D eigenvalue weighted by Crippen LogP contribution is 2.31. The van der Waals surface area contributed by atoms with Crippen LogP contribution in [0.3, 0.4) is 0 Å². The lowest BCUT2D eigenvalue weighted by molar-refractivity contribution is -0.134. The van der Waals surface area contributed by atoms with E-state index in [-0.39, 0.29) is 9.79 Å². The van der Waals surface area contributed by atoms with Crippen molar-refractivity contribution in [2.45, 2.75) is 9.79 Å². The van der Waals surface area contributed by atoms with E-state index in [1.165, 1.54) is 25.3 Å². The van der Waals surface area contributed by atoms with Crippen molar-refractivity contribution in [1.29, 1.82) is 0 Å². The van der Waals surface area contributed by atoms with Crippen molar-refractivity contribution < 1.29 is 17.9 Å². The fourth-order valence-electron chi connectivity index (χ4n) is 1.82. The van der Waals surface area contributed by atoms with Crippen LogP contribution in [-0.4, -0.2) is 21.5 Å². The average molecular weight is 381 g/mol. The number of rotatable bonds is 4. The Balaban J connectivity index is 2.50. The van der Waals surface area contributed by atoms with Crippen molar-refractivity contribution >= 4 is 37.8 Å². The minimum Gasteiger partial charge on any atom is -0.466 e. The monoisotopic (exact) mass is 380 g/mol. The Hall–Kier alpha value is -1.92. The molecule has 0 aromatic heterocycles. The number of sulfone groups is 1. The normalized spacial score (nSPS) is 11.5. The first-order valence-electron chi connectivity index (χ1n) is 6.31. The van der Waals surface area contributed by atoms with Crippen LogP contribution in [0.15, 0.2) is 68.9 Å². The number of ether oxygens (including phenoxy) is 1. The standard InChI is InChI=1S/C16H13BrO4S/c1-21-15(18)11-10-12-6-5-9-14(16(12)17)22(19,20)13-7-3-2-4-8-13/h2-11H,1H3. The summed E-state index contributed by atoms with van der Waals surface area (Å²) in [7, 11) is -2.36. The van der Waals surface area contributed by atoms with Crippen molar-refractivity contribution in [1.82, 2.24) is 0 Å². The molecular weight excluding hydrogens is 368 g/mol. The third-order valence-corrected chi connectivity index (χ3v) is 5.90. The van der Waals surface area contributed by atoms with Crippen LogP contribution in [0.5, 0.6) is 0 Å². The van der Waals surface area contributed by atoms with Gasteiger partial charge in [-0.2, -0.15) is 0 Å². The van der Waals surface area contributed by atoms with Gasteiger partial charge in [-0.05, 0) is 45.8 Å². The van der Waals surface area contributed by atoms with E-state index in [2.05, 4.69) is 20.7 Å². The summed E-state index contributed by atoms with van der Waals surface area (Å²) < 4.78 is 30.2. The first-order valence-corrected chi connectivity index (χ1v) is 8.59. The molecule has 2 aromatic rings. The summed E-state index contributed by atoms with van der Waals surface area (Å²) in [5.41, 5.74) is 0.572. The predicted molar refractivity (Wildman–Crippen MR) is 87.1 cm³/mol. The molecule has 114 valence electrons. The van der Waals surface area contributed by atoms with Gasteiger partial charge in [-0.1, -0.05) is 30.3 Å². The van der Waals surface area contributed by atoms with Crippen molar-refractivity contribution in [3.63, 3.8) is 0 Å². The van der Waals surface area contributed by atoms with Gasteiger partial charge >= 0.3 is 5.97 Å². The average Bonchev–Trinajstić information content (AvgIpc) is 2.54. The summed E-state index contributed by atoms with van der Waals surface area (Å²) >= 11 is 3.30. The summed E-state index contributed by atoms with van der Waals surface area (Å²) in [6.45, 7) is 0. The number of esters is 1. The topological polar surface area (TPSA) is 60.4 Å². The van der Waals surface area contributed by atoms with Crippen LogP contribution >= 0.6 is 15.9 Å². The van der Waals surface area contributed by atoms with Crippen LogP contribution in [0.25, 0.3) is 6.08 Å². The minimum absolute atomic E-state index is 0.144. The Labute approximate surface area is 137 Å². The summed E-state index contributed by atoms with van der Waals surface area (Å²) in [6.07, 6.45) is 2.74. The van der Waals surface area contributed by atoms with E-state index >= 15 is 0 Å². The molecule has 0 fully saturated rings. The van der Waals surface area contributed by atoms with Crippen LogP contribution in [0.1, 0.15) is 5.56 Å². The molecule has 0 saturated heterocycles. The van der Waals surface area contributed by atoms with E-state index in [0.29, 0.717) is 10.0 Å².